The van der Waals surface area contributed by atoms with Crippen molar-refractivity contribution >= 4 is 9.84 Å². The molecule has 1 aliphatic rings. The molecule has 0 spiro atoms. The molecule has 14 heavy (non-hydrogen) atoms. The van der Waals surface area contributed by atoms with E-state index >= 15 is 0 Å². The van der Waals surface area contributed by atoms with Crippen molar-refractivity contribution in [2.45, 2.75) is 12.6 Å². The van der Waals surface area contributed by atoms with E-state index in [1.807, 2.05) is 13.1 Å². The average molecular weight is 215 g/mol. The Bertz CT molecular complexity index is 412. The highest BCUT2D eigenvalue weighted by Gasteiger charge is 2.35. The average Bonchev–Trinajstić information content (AvgIpc) is 2.48. The van der Waals surface area contributed by atoms with Crippen LogP contribution in [0.2, 0.25) is 0 Å². The molecule has 6 heteroatoms. The SMILES string of the molecule is CNCc1ccnn1C1CS(=O)(=O)C1. The molecule has 1 aromatic heterocycles. The highest BCUT2D eigenvalue weighted by Crippen LogP contribution is 2.24. The van der Waals surface area contributed by atoms with Crippen molar-refractivity contribution in [2.24, 2.45) is 0 Å². The summed E-state index contributed by atoms with van der Waals surface area (Å²) in [5.74, 6) is 0.455. The monoisotopic (exact) mass is 215 g/mol. The van der Waals surface area contributed by atoms with Gasteiger partial charge in [0.15, 0.2) is 9.84 Å². The number of nitrogens with zero attached hydrogens (tertiary/aromatic N) is 2. The molecule has 1 fully saturated rings. The van der Waals surface area contributed by atoms with Gasteiger partial charge in [-0.2, -0.15) is 5.10 Å². The third-order valence-electron chi connectivity index (χ3n) is 2.35. The van der Waals surface area contributed by atoms with E-state index < -0.39 is 9.84 Å². The van der Waals surface area contributed by atoms with Crippen molar-refractivity contribution in [3.8, 4) is 0 Å². The number of nitrogens with one attached hydrogen (secondary N) is 1. The molecular weight excluding hydrogens is 202 g/mol. The molecule has 1 aliphatic heterocycles. The van der Waals surface area contributed by atoms with Gasteiger partial charge in [0.25, 0.3) is 0 Å². The van der Waals surface area contributed by atoms with E-state index in [0.717, 1.165) is 12.2 Å². The number of sulfone groups is 1. The van der Waals surface area contributed by atoms with E-state index in [1.54, 1.807) is 10.9 Å². The summed E-state index contributed by atoms with van der Waals surface area (Å²) in [6, 6.07) is 1.94. The molecule has 1 saturated heterocycles. The fourth-order valence-corrected chi connectivity index (χ4v) is 3.03. The molecular formula is C8H13N3O2S. The van der Waals surface area contributed by atoms with Crippen LogP contribution in [0.5, 0.6) is 0 Å². The van der Waals surface area contributed by atoms with Crippen molar-refractivity contribution in [3.63, 3.8) is 0 Å². The normalized spacial score (nSPS) is 20.6. The van der Waals surface area contributed by atoms with Crippen molar-refractivity contribution in [3.05, 3.63) is 18.0 Å². The van der Waals surface area contributed by atoms with Gasteiger partial charge in [-0.1, -0.05) is 0 Å². The van der Waals surface area contributed by atoms with Crippen LogP contribution < -0.4 is 5.32 Å². The van der Waals surface area contributed by atoms with E-state index in [-0.39, 0.29) is 17.5 Å². The highest BCUT2D eigenvalue weighted by molar-refractivity contribution is 7.92. The van der Waals surface area contributed by atoms with Crippen LogP contribution in [0.4, 0.5) is 0 Å². The predicted octanol–water partition coefficient (Wildman–Crippen LogP) is -0.428. The summed E-state index contributed by atoms with van der Waals surface area (Å²) in [7, 11) is -0.914. The van der Waals surface area contributed by atoms with Crippen LogP contribution in [0.15, 0.2) is 12.3 Å². The Morgan fingerprint density at radius 1 is 1.64 bits per heavy atom. The minimum absolute atomic E-state index is 0.0401. The predicted molar refractivity (Wildman–Crippen MR) is 52.7 cm³/mol. The molecule has 1 aromatic rings. The quantitative estimate of drug-likeness (QED) is 0.743. The Morgan fingerprint density at radius 2 is 2.36 bits per heavy atom. The van der Waals surface area contributed by atoms with E-state index in [0.29, 0.717) is 0 Å². The summed E-state index contributed by atoms with van der Waals surface area (Å²) in [6.07, 6.45) is 1.71. The summed E-state index contributed by atoms with van der Waals surface area (Å²) >= 11 is 0. The first kappa shape index (κ1) is 9.67. The lowest BCUT2D eigenvalue weighted by molar-refractivity contribution is 0.456. The maximum atomic E-state index is 11.0. The summed E-state index contributed by atoms with van der Waals surface area (Å²) < 4.78 is 23.8. The Labute approximate surface area is 83.0 Å². The number of hydrogen-bond acceptors (Lipinski definition) is 4. The summed E-state index contributed by atoms with van der Waals surface area (Å²) in [5.41, 5.74) is 1.03. The molecule has 0 unspecified atom stereocenters. The van der Waals surface area contributed by atoms with Crippen molar-refractivity contribution in [1.82, 2.24) is 15.1 Å². The first-order valence-corrected chi connectivity index (χ1v) is 6.32. The van der Waals surface area contributed by atoms with Crippen LogP contribution in [-0.2, 0) is 16.4 Å². The first-order valence-electron chi connectivity index (χ1n) is 4.50. The Hall–Kier alpha value is -0.880. The van der Waals surface area contributed by atoms with Gasteiger partial charge in [0.1, 0.15) is 0 Å². The molecule has 0 bridgehead atoms. The van der Waals surface area contributed by atoms with Gasteiger partial charge in [-0.3, -0.25) is 4.68 Å². The van der Waals surface area contributed by atoms with Crippen LogP contribution in [0, 0.1) is 0 Å². The lowest BCUT2D eigenvalue weighted by atomic mass is 10.3. The summed E-state index contributed by atoms with van der Waals surface area (Å²) in [6.45, 7) is 0.719. The molecule has 2 heterocycles. The lowest BCUT2D eigenvalue weighted by Gasteiger charge is -2.27. The lowest BCUT2D eigenvalue weighted by Crippen LogP contribution is -2.39. The van der Waals surface area contributed by atoms with E-state index in [2.05, 4.69) is 10.4 Å². The number of aromatic nitrogens is 2. The van der Waals surface area contributed by atoms with Gasteiger partial charge >= 0.3 is 0 Å². The van der Waals surface area contributed by atoms with Crippen LogP contribution in [0.1, 0.15) is 11.7 Å². The third kappa shape index (κ3) is 1.67. The second-order valence-corrected chi connectivity index (χ2v) is 5.68. The van der Waals surface area contributed by atoms with Crippen LogP contribution in [-0.4, -0.2) is 36.8 Å². The largest absolute Gasteiger partial charge is 0.314 e. The zero-order valence-electron chi connectivity index (χ0n) is 7.97. The summed E-state index contributed by atoms with van der Waals surface area (Å²) in [5, 5.41) is 7.16. The maximum absolute atomic E-state index is 11.0. The van der Waals surface area contributed by atoms with E-state index in [1.165, 1.54) is 0 Å². The topological polar surface area (TPSA) is 64.0 Å². The van der Waals surface area contributed by atoms with Gasteiger partial charge in [-0.15, -0.1) is 0 Å². The Balaban J connectivity index is 2.14. The van der Waals surface area contributed by atoms with Crippen LogP contribution in [0.25, 0.3) is 0 Å². The molecule has 0 aromatic carbocycles. The van der Waals surface area contributed by atoms with Crippen LogP contribution in [0.3, 0.4) is 0 Å². The van der Waals surface area contributed by atoms with Gasteiger partial charge in [0, 0.05) is 12.7 Å². The van der Waals surface area contributed by atoms with Gasteiger partial charge in [-0.05, 0) is 13.1 Å². The zero-order chi connectivity index (χ0) is 10.2. The van der Waals surface area contributed by atoms with Gasteiger partial charge in [-0.25, -0.2) is 8.42 Å². The first-order chi connectivity index (χ1) is 6.62. The van der Waals surface area contributed by atoms with E-state index in [9.17, 15) is 8.42 Å². The standard InChI is InChI=1S/C8H13N3O2S/c1-9-4-7-2-3-10-11(7)8-5-14(12,13)6-8/h2-3,8-9H,4-6H2,1H3. The smallest absolute Gasteiger partial charge is 0.154 e. The Morgan fingerprint density at radius 3 is 2.93 bits per heavy atom. The zero-order valence-corrected chi connectivity index (χ0v) is 8.79. The van der Waals surface area contributed by atoms with Gasteiger partial charge in [0.2, 0.25) is 0 Å². The van der Waals surface area contributed by atoms with Gasteiger partial charge < -0.3 is 5.32 Å². The van der Waals surface area contributed by atoms with Crippen LogP contribution >= 0.6 is 0 Å². The molecule has 78 valence electrons. The highest BCUT2D eigenvalue weighted by atomic mass is 32.2. The molecule has 0 radical (unpaired) electrons. The number of hydrogen-bond donors (Lipinski definition) is 1. The molecule has 0 atom stereocenters. The third-order valence-corrected chi connectivity index (χ3v) is 4.13. The molecule has 0 saturated carbocycles. The molecule has 0 aliphatic carbocycles. The van der Waals surface area contributed by atoms with Gasteiger partial charge in [0.05, 0.1) is 23.2 Å². The van der Waals surface area contributed by atoms with E-state index in [4.69, 9.17) is 0 Å². The molecule has 0 amide bonds. The minimum atomic E-state index is -2.77. The fraction of sp³-hybridized carbons (Fsp3) is 0.625. The molecule has 1 N–H and O–H groups in total. The molecule has 2 rings (SSSR count). The maximum Gasteiger partial charge on any atom is 0.154 e. The van der Waals surface area contributed by atoms with Crippen molar-refractivity contribution in [1.29, 1.82) is 0 Å². The fourth-order valence-electron chi connectivity index (χ4n) is 1.67. The van der Waals surface area contributed by atoms with Crippen molar-refractivity contribution in [2.75, 3.05) is 18.6 Å². The minimum Gasteiger partial charge on any atom is -0.314 e. The molecule has 5 nitrogen and oxygen atoms in total. The Kier molecular flexibility index (Phi) is 2.32. The number of rotatable bonds is 3. The van der Waals surface area contributed by atoms with Crippen molar-refractivity contribution < 1.29 is 8.42 Å². The summed E-state index contributed by atoms with van der Waals surface area (Å²) in [4.78, 5) is 0. The second-order valence-electron chi connectivity index (χ2n) is 3.53. The second kappa shape index (κ2) is 3.36.